The highest BCUT2D eigenvalue weighted by Crippen LogP contribution is 2.37. The third-order valence-corrected chi connectivity index (χ3v) is 4.59. The summed E-state index contributed by atoms with van der Waals surface area (Å²) in [5.41, 5.74) is 0.0968. The van der Waals surface area contributed by atoms with Crippen LogP contribution in [-0.4, -0.2) is 46.1 Å². The van der Waals surface area contributed by atoms with Crippen molar-refractivity contribution in [2.24, 2.45) is 0 Å². The predicted octanol–water partition coefficient (Wildman–Crippen LogP) is 1.99. The Morgan fingerprint density at radius 1 is 1.48 bits per heavy atom. The number of alkyl halides is 3. The molecule has 2 aromatic rings. The van der Waals surface area contributed by atoms with Gasteiger partial charge in [-0.15, -0.1) is 5.10 Å². The van der Waals surface area contributed by atoms with Gasteiger partial charge in [-0.25, -0.2) is 14.5 Å². The summed E-state index contributed by atoms with van der Waals surface area (Å²) >= 11 is 0.618. The fourth-order valence-corrected chi connectivity index (χ4v) is 3.15. The first-order chi connectivity index (χ1) is 10.9. The lowest BCUT2D eigenvalue weighted by Crippen LogP contribution is -2.20. The molecule has 1 fully saturated rings. The van der Waals surface area contributed by atoms with Gasteiger partial charge in [-0.05, 0) is 6.42 Å². The number of carbonyl (C=O) groups is 1. The van der Waals surface area contributed by atoms with Crippen LogP contribution in [0.3, 0.4) is 0 Å². The van der Waals surface area contributed by atoms with Crippen molar-refractivity contribution in [1.29, 1.82) is 0 Å². The molecule has 23 heavy (non-hydrogen) atoms. The number of anilines is 1. The summed E-state index contributed by atoms with van der Waals surface area (Å²) in [6.07, 6.45) is -1.39. The van der Waals surface area contributed by atoms with Crippen LogP contribution in [0.2, 0.25) is 0 Å². The van der Waals surface area contributed by atoms with Gasteiger partial charge in [-0.1, -0.05) is 16.6 Å². The average Bonchev–Trinajstić information content (AvgIpc) is 3.21. The summed E-state index contributed by atoms with van der Waals surface area (Å²) in [7, 11) is 1.25. The maximum absolute atomic E-state index is 12.6. The molecule has 1 atom stereocenters. The minimum absolute atomic E-state index is 0.0841. The molecule has 0 radical (unpaired) electrons. The fourth-order valence-electron chi connectivity index (χ4n) is 2.33. The van der Waals surface area contributed by atoms with Crippen LogP contribution < -0.4 is 4.90 Å². The number of ether oxygens (including phenoxy) is 1. The van der Waals surface area contributed by atoms with Crippen LogP contribution >= 0.6 is 11.3 Å². The summed E-state index contributed by atoms with van der Waals surface area (Å²) in [5, 5.41) is 7.93. The molecule has 2 aromatic heterocycles. The Kier molecular flexibility index (Phi) is 3.96. The quantitative estimate of drug-likeness (QED) is 0.791. The molecule has 0 aromatic carbocycles. The van der Waals surface area contributed by atoms with E-state index < -0.39 is 17.0 Å². The number of halogens is 3. The second kappa shape index (κ2) is 5.80. The van der Waals surface area contributed by atoms with Gasteiger partial charge >= 0.3 is 12.1 Å². The van der Waals surface area contributed by atoms with Crippen LogP contribution in [0.25, 0.3) is 0 Å². The van der Waals surface area contributed by atoms with Crippen LogP contribution in [0.15, 0.2) is 12.4 Å². The first-order valence-corrected chi connectivity index (χ1v) is 7.48. The Bertz CT molecular complexity index is 714. The van der Waals surface area contributed by atoms with Crippen LogP contribution in [-0.2, 0) is 10.9 Å². The zero-order valence-electron chi connectivity index (χ0n) is 11.9. The van der Waals surface area contributed by atoms with Crippen LogP contribution in [0.1, 0.15) is 27.8 Å². The Hall–Kier alpha value is -2.17. The van der Waals surface area contributed by atoms with Crippen molar-refractivity contribution < 1.29 is 22.7 Å². The Labute approximate surface area is 132 Å². The highest BCUT2D eigenvalue weighted by molar-refractivity contribution is 7.15. The zero-order valence-corrected chi connectivity index (χ0v) is 12.8. The van der Waals surface area contributed by atoms with Crippen molar-refractivity contribution in [2.45, 2.75) is 18.6 Å². The second-order valence-corrected chi connectivity index (χ2v) is 5.98. The van der Waals surface area contributed by atoms with Gasteiger partial charge in [0.1, 0.15) is 4.88 Å². The zero-order chi connectivity index (χ0) is 16.6. The van der Waals surface area contributed by atoms with E-state index in [0.29, 0.717) is 36.0 Å². The van der Waals surface area contributed by atoms with Gasteiger partial charge < -0.3 is 9.64 Å². The molecule has 0 bridgehead atoms. The molecule has 3 rings (SSSR count). The van der Waals surface area contributed by atoms with Crippen molar-refractivity contribution >= 4 is 22.4 Å². The Morgan fingerprint density at radius 3 is 2.91 bits per heavy atom. The lowest BCUT2D eigenvalue weighted by atomic mass is 10.3. The van der Waals surface area contributed by atoms with Gasteiger partial charge in [-0.2, -0.15) is 13.2 Å². The molecule has 1 aliphatic heterocycles. The number of hydrogen-bond donors (Lipinski definition) is 0. The molecule has 11 heteroatoms. The lowest BCUT2D eigenvalue weighted by Gasteiger charge is -2.14. The molecule has 0 unspecified atom stereocenters. The van der Waals surface area contributed by atoms with E-state index in [1.165, 1.54) is 18.0 Å². The summed E-state index contributed by atoms with van der Waals surface area (Å²) in [4.78, 5) is 16.3. The van der Waals surface area contributed by atoms with Gasteiger partial charge in [0, 0.05) is 13.1 Å². The number of thiazole rings is 1. The highest BCUT2D eigenvalue weighted by Gasteiger charge is 2.35. The third kappa shape index (κ3) is 3.14. The predicted molar refractivity (Wildman–Crippen MR) is 74.3 cm³/mol. The van der Waals surface area contributed by atoms with Crippen molar-refractivity contribution in [3.63, 3.8) is 0 Å². The summed E-state index contributed by atoms with van der Waals surface area (Å²) in [6.45, 7) is 1.01. The van der Waals surface area contributed by atoms with Gasteiger partial charge in [0.2, 0.25) is 0 Å². The number of aromatic nitrogens is 4. The van der Waals surface area contributed by atoms with E-state index in [1.54, 1.807) is 4.90 Å². The third-order valence-electron chi connectivity index (χ3n) is 3.49. The maximum atomic E-state index is 12.6. The SMILES string of the molecule is COC(=O)c1cn([C@H]2CCN(c3ncc(C(F)(F)F)s3)C2)nn1. The van der Waals surface area contributed by atoms with Crippen molar-refractivity contribution in [1.82, 2.24) is 20.0 Å². The maximum Gasteiger partial charge on any atom is 0.427 e. The molecule has 0 aliphatic carbocycles. The van der Waals surface area contributed by atoms with E-state index in [9.17, 15) is 18.0 Å². The number of nitrogens with zero attached hydrogens (tertiary/aromatic N) is 5. The molecule has 7 nitrogen and oxygen atoms in total. The van der Waals surface area contributed by atoms with Crippen LogP contribution in [0.4, 0.5) is 18.3 Å². The number of esters is 1. The molecule has 124 valence electrons. The van der Waals surface area contributed by atoms with Crippen LogP contribution in [0, 0.1) is 0 Å². The summed E-state index contributed by atoms with van der Waals surface area (Å²) in [6, 6.07) is -0.0841. The topological polar surface area (TPSA) is 73.1 Å². The molecular weight excluding hydrogens is 335 g/mol. The smallest absolute Gasteiger partial charge is 0.427 e. The van der Waals surface area contributed by atoms with Crippen LogP contribution in [0.5, 0.6) is 0 Å². The van der Waals surface area contributed by atoms with E-state index in [-0.39, 0.29) is 11.7 Å². The minimum Gasteiger partial charge on any atom is -0.464 e. The monoisotopic (exact) mass is 347 g/mol. The Morgan fingerprint density at radius 2 is 2.26 bits per heavy atom. The molecular formula is C12H12F3N5O2S. The normalized spacial score (nSPS) is 18.4. The van der Waals surface area contributed by atoms with E-state index in [2.05, 4.69) is 20.0 Å². The number of rotatable bonds is 3. The first kappa shape index (κ1) is 15.7. The second-order valence-electron chi connectivity index (χ2n) is 4.97. The average molecular weight is 347 g/mol. The molecule has 1 saturated heterocycles. The molecule has 1 aliphatic rings. The van der Waals surface area contributed by atoms with E-state index >= 15 is 0 Å². The van der Waals surface area contributed by atoms with E-state index in [1.807, 2.05) is 0 Å². The summed E-state index contributed by atoms with van der Waals surface area (Å²) < 4.78 is 44.0. The number of methoxy groups -OCH3 is 1. The Balaban J connectivity index is 1.70. The molecule has 3 heterocycles. The lowest BCUT2D eigenvalue weighted by molar-refractivity contribution is -0.134. The highest BCUT2D eigenvalue weighted by atomic mass is 32.1. The molecule has 0 amide bonds. The minimum atomic E-state index is -4.38. The largest absolute Gasteiger partial charge is 0.464 e. The van der Waals surface area contributed by atoms with E-state index in [4.69, 9.17) is 0 Å². The van der Waals surface area contributed by atoms with Gasteiger partial charge in [-0.3, -0.25) is 0 Å². The number of hydrogen-bond acceptors (Lipinski definition) is 7. The fraction of sp³-hybridized carbons (Fsp3) is 0.500. The van der Waals surface area contributed by atoms with Crippen molar-refractivity contribution in [2.75, 3.05) is 25.1 Å². The molecule has 0 saturated carbocycles. The van der Waals surface area contributed by atoms with Crippen molar-refractivity contribution in [3.8, 4) is 0 Å². The number of carbonyl (C=O) groups excluding carboxylic acids is 1. The standard InChI is InChI=1S/C12H12F3N5O2S/c1-22-10(21)8-6-20(18-17-8)7-2-3-19(5-7)11-16-4-9(23-11)12(13,14)15/h4,6-7H,2-3,5H2,1H3/t7-/m0/s1. The van der Waals surface area contributed by atoms with Crippen molar-refractivity contribution in [3.05, 3.63) is 23.0 Å². The molecule has 0 N–H and O–H groups in total. The molecule has 0 spiro atoms. The van der Waals surface area contributed by atoms with E-state index in [0.717, 1.165) is 6.20 Å². The van der Waals surface area contributed by atoms with Gasteiger partial charge in [0.05, 0.1) is 25.5 Å². The summed E-state index contributed by atoms with van der Waals surface area (Å²) in [5.74, 6) is -0.583. The van der Waals surface area contributed by atoms with Gasteiger partial charge in [0.25, 0.3) is 0 Å². The van der Waals surface area contributed by atoms with Gasteiger partial charge in [0.15, 0.2) is 10.8 Å². The first-order valence-electron chi connectivity index (χ1n) is 6.66.